The summed E-state index contributed by atoms with van der Waals surface area (Å²) in [5, 5.41) is 9.93. The van der Waals surface area contributed by atoms with Gasteiger partial charge in [-0.15, -0.1) is 0 Å². The summed E-state index contributed by atoms with van der Waals surface area (Å²) >= 11 is 0. The standard InChI is InChI=1S/C13H18N2O5S/c1-13(17)5-6-15(8-13)21(18,19)11-7-9(14)3-4-10(11)12(16)20-2/h3-4,7,17H,5-6,8,14H2,1-2H3. The summed E-state index contributed by atoms with van der Waals surface area (Å²) in [6.45, 7) is 1.73. The van der Waals surface area contributed by atoms with E-state index < -0.39 is 21.6 Å². The number of nitrogens with zero attached hydrogens (tertiary/aromatic N) is 1. The van der Waals surface area contributed by atoms with Crippen molar-refractivity contribution in [3.05, 3.63) is 23.8 Å². The Labute approximate surface area is 123 Å². The third-order valence-corrected chi connectivity index (χ3v) is 5.33. The summed E-state index contributed by atoms with van der Waals surface area (Å²) in [7, 11) is -2.75. The zero-order valence-corrected chi connectivity index (χ0v) is 12.7. The molecule has 0 bridgehead atoms. The number of nitrogens with two attached hydrogens (primary N) is 1. The molecule has 116 valence electrons. The number of benzene rings is 1. The van der Waals surface area contributed by atoms with Crippen molar-refractivity contribution in [3.8, 4) is 0 Å². The maximum absolute atomic E-state index is 12.7. The van der Waals surface area contributed by atoms with Gasteiger partial charge >= 0.3 is 5.97 Å². The van der Waals surface area contributed by atoms with Gasteiger partial charge in [-0.1, -0.05) is 0 Å². The van der Waals surface area contributed by atoms with E-state index in [1.54, 1.807) is 6.92 Å². The van der Waals surface area contributed by atoms with E-state index >= 15 is 0 Å². The molecule has 1 aromatic rings. The highest BCUT2D eigenvalue weighted by Gasteiger charge is 2.39. The molecular weight excluding hydrogens is 296 g/mol. The highest BCUT2D eigenvalue weighted by Crippen LogP contribution is 2.29. The fourth-order valence-corrected chi connectivity index (χ4v) is 4.05. The van der Waals surface area contributed by atoms with E-state index in [-0.39, 0.29) is 29.2 Å². The molecule has 0 aromatic heterocycles. The van der Waals surface area contributed by atoms with E-state index in [0.717, 1.165) is 4.31 Å². The van der Waals surface area contributed by atoms with Crippen LogP contribution in [0.25, 0.3) is 0 Å². The molecule has 2 rings (SSSR count). The molecule has 1 saturated heterocycles. The van der Waals surface area contributed by atoms with E-state index in [1.807, 2.05) is 0 Å². The molecule has 0 amide bonds. The number of rotatable bonds is 3. The highest BCUT2D eigenvalue weighted by atomic mass is 32.2. The van der Waals surface area contributed by atoms with Crippen LogP contribution in [0.5, 0.6) is 0 Å². The van der Waals surface area contributed by atoms with Crippen molar-refractivity contribution >= 4 is 21.7 Å². The number of hydrogen-bond acceptors (Lipinski definition) is 6. The number of carbonyl (C=O) groups excluding carboxylic acids is 1. The van der Waals surface area contributed by atoms with Crippen LogP contribution in [0.4, 0.5) is 5.69 Å². The number of ether oxygens (including phenoxy) is 1. The molecule has 8 heteroatoms. The maximum Gasteiger partial charge on any atom is 0.339 e. The molecule has 1 heterocycles. The summed E-state index contributed by atoms with van der Waals surface area (Å²) in [6, 6.07) is 3.99. The van der Waals surface area contributed by atoms with Gasteiger partial charge < -0.3 is 15.6 Å². The number of methoxy groups -OCH3 is 1. The third-order valence-electron chi connectivity index (χ3n) is 3.45. The van der Waals surface area contributed by atoms with Crippen LogP contribution >= 0.6 is 0 Å². The molecule has 1 aliphatic rings. The van der Waals surface area contributed by atoms with E-state index in [0.29, 0.717) is 6.42 Å². The Morgan fingerprint density at radius 1 is 1.48 bits per heavy atom. The van der Waals surface area contributed by atoms with Gasteiger partial charge in [0.25, 0.3) is 0 Å². The van der Waals surface area contributed by atoms with E-state index in [2.05, 4.69) is 4.74 Å². The van der Waals surface area contributed by atoms with Gasteiger partial charge in [0.2, 0.25) is 10.0 Å². The molecule has 1 atom stereocenters. The second kappa shape index (κ2) is 5.28. The van der Waals surface area contributed by atoms with Crippen LogP contribution in [0.3, 0.4) is 0 Å². The maximum atomic E-state index is 12.7. The first-order chi connectivity index (χ1) is 9.67. The topological polar surface area (TPSA) is 110 Å². The molecule has 0 radical (unpaired) electrons. The lowest BCUT2D eigenvalue weighted by Crippen LogP contribution is -2.34. The fraction of sp³-hybridized carbons (Fsp3) is 0.462. The normalized spacial score (nSPS) is 23.2. The zero-order valence-electron chi connectivity index (χ0n) is 11.9. The molecule has 1 aliphatic heterocycles. The second-order valence-electron chi connectivity index (χ2n) is 5.33. The molecule has 1 fully saturated rings. The Kier molecular flexibility index (Phi) is 3.96. The van der Waals surface area contributed by atoms with Crippen molar-refractivity contribution in [2.24, 2.45) is 0 Å². The first-order valence-corrected chi connectivity index (χ1v) is 7.82. The number of anilines is 1. The first kappa shape index (κ1) is 15.7. The van der Waals surface area contributed by atoms with Crippen molar-refractivity contribution in [3.63, 3.8) is 0 Å². The molecule has 0 saturated carbocycles. The second-order valence-corrected chi connectivity index (χ2v) is 7.24. The lowest BCUT2D eigenvalue weighted by Gasteiger charge is -2.20. The molecular formula is C13H18N2O5S. The van der Waals surface area contributed by atoms with Crippen LogP contribution in [-0.4, -0.2) is 49.6 Å². The minimum atomic E-state index is -3.93. The van der Waals surface area contributed by atoms with Crippen molar-refractivity contribution in [2.75, 3.05) is 25.9 Å². The Balaban J connectivity index is 2.50. The predicted molar refractivity (Wildman–Crippen MR) is 76.2 cm³/mol. The summed E-state index contributed by atoms with van der Waals surface area (Å²) < 4.78 is 31.1. The molecule has 0 aliphatic carbocycles. The van der Waals surface area contributed by atoms with E-state index in [1.165, 1.54) is 25.3 Å². The first-order valence-electron chi connectivity index (χ1n) is 6.38. The van der Waals surface area contributed by atoms with E-state index in [4.69, 9.17) is 5.73 Å². The number of nitrogen functional groups attached to an aromatic ring is 1. The highest BCUT2D eigenvalue weighted by molar-refractivity contribution is 7.89. The van der Waals surface area contributed by atoms with Gasteiger partial charge in [0.05, 0.1) is 23.2 Å². The lowest BCUT2D eigenvalue weighted by atomic mass is 10.1. The van der Waals surface area contributed by atoms with Crippen LogP contribution in [-0.2, 0) is 14.8 Å². The number of esters is 1. The van der Waals surface area contributed by atoms with Gasteiger partial charge in [-0.25, -0.2) is 13.2 Å². The molecule has 1 unspecified atom stereocenters. The quantitative estimate of drug-likeness (QED) is 0.609. The minimum Gasteiger partial charge on any atom is -0.465 e. The minimum absolute atomic E-state index is 0.0231. The van der Waals surface area contributed by atoms with Gasteiger partial charge in [-0.05, 0) is 31.5 Å². The Morgan fingerprint density at radius 2 is 2.14 bits per heavy atom. The van der Waals surface area contributed by atoms with Crippen LogP contribution < -0.4 is 5.73 Å². The average Bonchev–Trinajstić information content (AvgIpc) is 2.79. The van der Waals surface area contributed by atoms with Crippen molar-refractivity contribution in [1.82, 2.24) is 4.31 Å². The van der Waals surface area contributed by atoms with Crippen LogP contribution in [0.1, 0.15) is 23.7 Å². The lowest BCUT2D eigenvalue weighted by molar-refractivity contribution is 0.0596. The molecule has 1 aromatic carbocycles. The van der Waals surface area contributed by atoms with Gasteiger partial charge in [0.1, 0.15) is 0 Å². The third kappa shape index (κ3) is 3.02. The van der Waals surface area contributed by atoms with Crippen molar-refractivity contribution in [1.29, 1.82) is 0 Å². The van der Waals surface area contributed by atoms with Gasteiger partial charge in [-0.3, -0.25) is 0 Å². The SMILES string of the molecule is COC(=O)c1ccc(N)cc1S(=O)(=O)N1CCC(C)(O)C1. The van der Waals surface area contributed by atoms with Crippen LogP contribution in [0.15, 0.2) is 23.1 Å². The Hall–Kier alpha value is -1.64. The number of hydrogen-bond donors (Lipinski definition) is 2. The summed E-state index contributed by atoms with van der Waals surface area (Å²) in [6.07, 6.45) is 0.335. The number of carbonyl (C=O) groups is 1. The largest absolute Gasteiger partial charge is 0.465 e. The number of sulfonamides is 1. The summed E-state index contributed by atoms with van der Waals surface area (Å²) in [5.41, 5.74) is 4.72. The number of aliphatic hydroxyl groups is 1. The summed E-state index contributed by atoms with van der Waals surface area (Å²) in [4.78, 5) is 11.5. The molecule has 21 heavy (non-hydrogen) atoms. The predicted octanol–water partition coefficient (Wildman–Crippen LogP) is 0.201. The van der Waals surface area contributed by atoms with Crippen LogP contribution in [0.2, 0.25) is 0 Å². The zero-order chi connectivity index (χ0) is 15.8. The molecule has 3 N–H and O–H groups in total. The Bertz CT molecular complexity index is 669. The number of β-amino-alcohol motifs (C(OH)–C–C–N with tert-alkyl or cyclic N) is 1. The van der Waals surface area contributed by atoms with Gasteiger partial charge in [-0.2, -0.15) is 4.31 Å². The molecule has 0 spiro atoms. The average molecular weight is 314 g/mol. The van der Waals surface area contributed by atoms with Crippen LogP contribution in [0, 0.1) is 0 Å². The Morgan fingerprint density at radius 3 is 2.67 bits per heavy atom. The van der Waals surface area contributed by atoms with Gasteiger partial charge in [0.15, 0.2) is 0 Å². The smallest absolute Gasteiger partial charge is 0.339 e. The van der Waals surface area contributed by atoms with Crippen molar-refractivity contribution in [2.45, 2.75) is 23.8 Å². The van der Waals surface area contributed by atoms with E-state index in [9.17, 15) is 18.3 Å². The summed E-state index contributed by atoms with van der Waals surface area (Å²) in [5.74, 6) is -0.750. The fourth-order valence-electron chi connectivity index (χ4n) is 2.28. The monoisotopic (exact) mass is 314 g/mol. The van der Waals surface area contributed by atoms with Gasteiger partial charge in [0, 0.05) is 18.8 Å². The van der Waals surface area contributed by atoms with Crippen molar-refractivity contribution < 1.29 is 23.1 Å². The molecule has 7 nitrogen and oxygen atoms in total.